The normalized spacial score (nSPS) is 16.1. The van der Waals surface area contributed by atoms with Crippen molar-refractivity contribution in [1.29, 1.82) is 0 Å². The summed E-state index contributed by atoms with van der Waals surface area (Å²) in [6.45, 7) is 1.92. The summed E-state index contributed by atoms with van der Waals surface area (Å²) >= 11 is 0. The number of amides is 1. The predicted molar refractivity (Wildman–Crippen MR) is 93.9 cm³/mol. The minimum Gasteiger partial charge on any atom is -0.497 e. The standard InChI is InChI=1S/C19H18N2O3/c1-10-14-6-11-7-16(20-15(11)9-17(14)21-19(10)22)13-5-4-12(23-2)8-18(13)24-3/h4-10,20H,1-3H3,(H,21,22). The number of methoxy groups -OCH3 is 2. The quantitative estimate of drug-likeness (QED) is 0.768. The maximum absolute atomic E-state index is 11.8. The van der Waals surface area contributed by atoms with Crippen molar-refractivity contribution in [3.8, 4) is 22.8 Å². The largest absolute Gasteiger partial charge is 0.497 e. The SMILES string of the molecule is COc1ccc(-c2cc3cc4c(cc3[nH]2)NC(=O)C4C)c(OC)c1. The van der Waals surface area contributed by atoms with Crippen LogP contribution < -0.4 is 14.8 Å². The molecular weight excluding hydrogens is 304 g/mol. The van der Waals surface area contributed by atoms with Gasteiger partial charge in [-0.15, -0.1) is 0 Å². The Kier molecular flexibility index (Phi) is 3.23. The molecule has 3 aromatic rings. The molecule has 2 heterocycles. The molecule has 1 aliphatic rings. The van der Waals surface area contributed by atoms with Gasteiger partial charge in [-0.3, -0.25) is 4.79 Å². The van der Waals surface area contributed by atoms with Gasteiger partial charge in [-0.1, -0.05) is 0 Å². The van der Waals surface area contributed by atoms with Gasteiger partial charge < -0.3 is 19.8 Å². The number of rotatable bonds is 3. The van der Waals surface area contributed by atoms with Crippen molar-refractivity contribution in [1.82, 2.24) is 4.98 Å². The van der Waals surface area contributed by atoms with Crippen LogP contribution in [0.4, 0.5) is 5.69 Å². The highest BCUT2D eigenvalue weighted by atomic mass is 16.5. The van der Waals surface area contributed by atoms with Gasteiger partial charge in [0.25, 0.3) is 0 Å². The Bertz CT molecular complexity index is 959. The molecule has 0 fully saturated rings. The van der Waals surface area contributed by atoms with Gasteiger partial charge in [0.1, 0.15) is 11.5 Å². The van der Waals surface area contributed by atoms with Crippen LogP contribution in [-0.4, -0.2) is 25.1 Å². The number of anilines is 1. The van der Waals surface area contributed by atoms with Crippen LogP contribution in [0.3, 0.4) is 0 Å². The number of ether oxygens (including phenoxy) is 2. The maximum atomic E-state index is 11.8. The molecule has 0 aliphatic carbocycles. The van der Waals surface area contributed by atoms with E-state index in [-0.39, 0.29) is 11.8 Å². The first-order valence-corrected chi connectivity index (χ1v) is 7.80. The first-order chi connectivity index (χ1) is 11.6. The van der Waals surface area contributed by atoms with Gasteiger partial charge in [0.05, 0.1) is 25.8 Å². The molecule has 122 valence electrons. The van der Waals surface area contributed by atoms with E-state index < -0.39 is 0 Å². The summed E-state index contributed by atoms with van der Waals surface area (Å²) in [6.07, 6.45) is 0. The second-order valence-electron chi connectivity index (χ2n) is 5.99. The third kappa shape index (κ3) is 2.12. The topological polar surface area (TPSA) is 63.3 Å². The van der Waals surface area contributed by atoms with Crippen molar-refractivity contribution in [2.45, 2.75) is 12.8 Å². The van der Waals surface area contributed by atoms with E-state index in [1.165, 1.54) is 0 Å². The van der Waals surface area contributed by atoms with Crippen molar-refractivity contribution < 1.29 is 14.3 Å². The monoisotopic (exact) mass is 322 g/mol. The maximum Gasteiger partial charge on any atom is 0.231 e. The fourth-order valence-corrected chi connectivity index (χ4v) is 3.21. The number of carbonyl (C=O) groups excluding carboxylic acids is 1. The Labute approximate surface area is 139 Å². The van der Waals surface area contributed by atoms with Crippen molar-refractivity contribution in [2.75, 3.05) is 19.5 Å². The van der Waals surface area contributed by atoms with Gasteiger partial charge in [-0.2, -0.15) is 0 Å². The van der Waals surface area contributed by atoms with Crippen LogP contribution in [0, 0.1) is 0 Å². The zero-order chi connectivity index (χ0) is 16.8. The highest BCUT2D eigenvalue weighted by Gasteiger charge is 2.27. The van der Waals surface area contributed by atoms with Crippen molar-refractivity contribution >= 4 is 22.5 Å². The minimum atomic E-state index is -0.113. The molecule has 24 heavy (non-hydrogen) atoms. The molecule has 1 amide bonds. The fourth-order valence-electron chi connectivity index (χ4n) is 3.21. The van der Waals surface area contributed by atoms with Crippen LogP contribution in [0.1, 0.15) is 18.4 Å². The van der Waals surface area contributed by atoms with Gasteiger partial charge in [-0.05, 0) is 42.8 Å². The van der Waals surface area contributed by atoms with E-state index in [1.807, 2.05) is 31.2 Å². The van der Waals surface area contributed by atoms with Crippen LogP contribution in [-0.2, 0) is 4.79 Å². The Hall–Kier alpha value is -2.95. The Balaban J connectivity index is 1.84. The van der Waals surface area contributed by atoms with Gasteiger partial charge >= 0.3 is 0 Å². The molecule has 0 spiro atoms. The van der Waals surface area contributed by atoms with Crippen LogP contribution in [0.25, 0.3) is 22.2 Å². The smallest absolute Gasteiger partial charge is 0.231 e. The average molecular weight is 322 g/mol. The van der Waals surface area contributed by atoms with Crippen LogP contribution in [0.15, 0.2) is 36.4 Å². The number of aromatic nitrogens is 1. The van der Waals surface area contributed by atoms with E-state index in [0.717, 1.165) is 44.9 Å². The first kappa shape index (κ1) is 14.6. The summed E-state index contributed by atoms with van der Waals surface area (Å²) in [6, 6.07) is 11.9. The second-order valence-corrected chi connectivity index (χ2v) is 5.99. The average Bonchev–Trinajstić information content (AvgIpc) is 3.13. The lowest BCUT2D eigenvalue weighted by atomic mass is 10.0. The molecule has 5 heteroatoms. The minimum absolute atomic E-state index is 0.0506. The summed E-state index contributed by atoms with van der Waals surface area (Å²) in [5, 5.41) is 4.00. The molecule has 1 aromatic heterocycles. The van der Waals surface area contributed by atoms with E-state index in [0.29, 0.717) is 0 Å². The van der Waals surface area contributed by atoms with Crippen LogP contribution in [0.5, 0.6) is 11.5 Å². The van der Waals surface area contributed by atoms with Gasteiger partial charge in [0.15, 0.2) is 0 Å². The highest BCUT2D eigenvalue weighted by molar-refractivity contribution is 6.05. The Morgan fingerprint density at radius 3 is 2.62 bits per heavy atom. The number of nitrogens with one attached hydrogen (secondary N) is 2. The zero-order valence-corrected chi connectivity index (χ0v) is 13.8. The zero-order valence-electron chi connectivity index (χ0n) is 13.8. The van der Waals surface area contributed by atoms with Crippen molar-refractivity contribution in [2.24, 2.45) is 0 Å². The van der Waals surface area contributed by atoms with E-state index in [2.05, 4.69) is 22.4 Å². The lowest BCUT2D eigenvalue weighted by Crippen LogP contribution is -2.08. The van der Waals surface area contributed by atoms with Crippen LogP contribution in [0.2, 0.25) is 0 Å². The molecule has 1 unspecified atom stereocenters. The molecule has 1 aliphatic heterocycles. The Morgan fingerprint density at radius 1 is 1.04 bits per heavy atom. The van der Waals surface area contributed by atoms with E-state index in [1.54, 1.807) is 14.2 Å². The second kappa shape index (κ2) is 5.30. The molecule has 0 radical (unpaired) electrons. The summed E-state index contributed by atoms with van der Waals surface area (Å²) in [4.78, 5) is 15.2. The van der Waals surface area contributed by atoms with Gasteiger partial charge in [0.2, 0.25) is 5.91 Å². The number of benzene rings is 2. The molecule has 0 saturated carbocycles. The number of fused-ring (bicyclic) bond motifs is 2. The lowest BCUT2D eigenvalue weighted by Gasteiger charge is -2.08. The number of hydrogen-bond donors (Lipinski definition) is 2. The molecule has 2 aromatic carbocycles. The molecular formula is C19H18N2O3. The predicted octanol–water partition coefficient (Wildman–Crippen LogP) is 3.91. The van der Waals surface area contributed by atoms with E-state index in [4.69, 9.17) is 9.47 Å². The molecule has 0 saturated heterocycles. The third-order valence-corrected chi connectivity index (χ3v) is 4.61. The van der Waals surface area contributed by atoms with Gasteiger partial charge in [0, 0.05) is 28.2 Å². The highest BCUT2D eigenvalue weighted by Crippen LogP contribution is 2.38. The van der Waals surface area contributed by atoms with E-state index in [9.17, 15) is 4.79 Å². The molecule has 5 nitrogen and oxygen atoms in total. The Morgan fingerprint density at radius 2 is 1.88 bits per heavy atom. The molecule has 1 atom stereocenters. The van der Waals surface area contributed by atoms with Crippen molar-refractivity contribution in [3.05, 3.63) is 42.0 Å². The molecule has 4 rings (SSSR count). The number of hydrogen-bond acceptors (Lipinski definition) is 3. The molecule has 0 bridgehead atoms. The summed E-state index contributed by atoms with van der Waals surface area (Å²) in [7, 11) is 3.28. The van der Waals surface area contributed by atoms with Crippen molar-refractivity contribution in [3.63, 3.8) is 0 Å². The third-order valence-electron chi connectivity index (χ3n) is 4.61. The van der Waals surface area contributed by atoms with E-state index >= 15 is 0 Å². The first-order valence-electron chi connectivity index (χ1n) is 7.80. The number of aromatic amines is 1. The summed E-state index contributed by atoms with van der Waals surface area (Å²) in [5.41, 5.74) is 4.84. The molecule has 2 N–H and O–H groups in total. The number of carbonyl (C=O) groups is 1. The fraction of sp³-hybridized carbons (Fsp3) is 0.211. The van der Waals surface area contributed by atoms with Crippen LogP contribution >= 0.6 is 0 Å². The summed E-state index contributed by atoms with van der Waals surface area (Å²) < 4.78 is 10.7. The lowest BCUT2D eigenvalue weighted by molar-refractivity contribution is -0.116. The summed E-state index contributed by atoms with van der Waals surface area (Å²) in [5.74, 6) is 1.44. The van der Waals surface area contributed by atoms with Gasteiger partial charge in [-0.25, -0.2) is 0 Å². The number of H-pyrrole nitrogens is 1.